The molecular weight excluding hydrogens is 849 g/mol. The van der Waals surface area contributed by atoms with Gasteiger partial charge in [0.05, 0.1) is 22.8 Å². The molecule has 4 heteroatoms. The monoisotopic (exact) mass is 902 g/mol. The summed E-state index contributed by atoms with van der Waals surface area (Å²) >= 11 is 0. The van der Waals surface area contributed by atoms with Gasteiger partial charge in [0.15, 0.2) is 0 Å². The van der Waals surface area contributed by atoms with Gasteiger partial charge in [-0.25, -0.2) is 20.0 Å². The van der Waals surface area contributed by atoms with E-state index in [-0.39, 0.29) is 10.8 Å². The van der Waals surface area contributed by atoms with Crippen LogP contribution in [-0.2, 0) is 22.2 Å². The average Bonchev–Trinajstić information content (AvgIpc) is 4.02. The first-order chi connectivity index (χ1) is 33.9. The van der Waals surface area contributed by atoms with Crippen molar-refractivity contribution in [3.8, 4) is 23.7 Å². The predicted molar refractivity (Wildman–Crippen MR) is 290 cm³/mol. The minimum absolute atomic E-state index is 0.0632. The first kappa shape index (κ1) is 45.3. The van der Waals surface area contributed by atoms with Crippen LogP contribution in [0, 0.1) is 23.7 Å². The van der Waals surface area contributed by atoms with Gasteiger partial charge in [0.25, 0.3) is 0 Å². The zero-order valence-corrected chi connectivity index (χ0v) is 40.6. The normalized spacial score (nSPS) is 14.8. The predicted octanol–water partition coefficient (Wildman–Crippen LogP) is 14.1. The second kappa shape index (κ2) is 18.6. The summed E-state index contributed by atoms with van der Waals surface area (Å²) in [5.41, 5.74) is 11.9. The number of rotatable bonds is 7. The molecule has 0 saturated carbocycles. The van der Waals surface area contributed by atoms with Crippen molar-refractivity contribution < 1.29 is 0 Å². The maximum absolute atomic E-state index is 5.91. The number of benzene rings is 8. The van der Waals surface area contributed by atoms with E-state index in [2.05, 4.69) is 211 Å². The molecule has 8 aromatic carbocycles. The maximum Gasteiger partial charge on any atom is 0.226 e. The lowest BCUT2D eigenvalue weighted by Crippen LogP contribution is -2.43. The van der Waals surface area contributed by atoms with Crippen molar-refractivity contribution >= 4 is 22.8 Å². The van der Waals surface area contributed by atoms with Crippen molar-refractivity contribution in [2.75, 3.05) is 0 Å². The molecule has 0 fully saturated rings. The van der Waals surface area contributed by atoms with Crippen molar-refractivity contribution in [3.05, 3.63) is 285 Å². The first-order valence-corrected chi connectivity index (χ1v) is 24.0. The molecule has 2 aliphatic heterocycles. The van der Waals surface area contributed by atoms with Gasteiger partial charge in [0.2, 0.25) is 11.3 Å². The van der Waals surface area contributed by atoms with E-state index in [4.69, 9.17) is 20.0 Å². The van der Waals surface area contributed by atoms with Crippen LogP contribution in [0.5, 0.6) is 0 Å². The van der Waals surface area contributed by atoms with E-state index in [0.29, 0.717) is 0 Å². The molecule has 0 bridgehead atoms. The standard InChI is InChI=1S/C66H54N4/c1-63(2,3)55-39-31-47(32-40-55)27-29-49-35-43-57(44-36-49)65(67-59(51-19-11-7-12-20-51)60(68-65)52-21-13-8-14-22-52)66(69-61(53-23-15-9-16-24-53)62(70-66)54-25-17-10-18-26-54)58-45-37-50(38-46-58)30-28-48-33-41-56(42-34-48)64(4,5)6/h7-26,31-46H,1-6H3. The number of hydrogen-bond acceptors (Lipinski definition) is 4. The molecule has 2 heterocycles. The van der Waals surface area contributed by atoms with Crippen LogP contribution in [0.15, 0.2) is 238 Å². The molecule has 70 heavy (non-hydrogen) atoms. The number of hydrogen-bond donors (Lipinski definition) is 0. The lowest BCUT2D eigenvalue weighted by atomic mass is 9.81. The van der Waals surface area contributed by atoms with E-state index >= 15 is 0 Å². The van der Waals surface area contributed by atoms with Gasteiger partial charge in [-0.2, -0.15) is 0 Å². The summed E-state index contributed by atoms with van der Waals surface area (Å²) in [6.45, 7) is 13.3. The summed E-state index contributed by atoms with van der Waals surface area (Å²) < 4.78 is 0. The topological polar surface area (TPSA) is 49.4 Å². The number of aliphatic imine (C=N–C) groups is 4. The lowest BCUT2D eigenvalue weighted by Gasteiger charge is -2.38. The molecule has 0 unspecified atom stereocenters. The van der Waals surface area contributed by atoms with Gasteiger partial charge in [-0.3, -0.25) is 0 Å². The summed E-state index contributed by atoms with van der Waals surface area (Å²) in [5, 5.41) is 0. The van der Waals surface area contributed by atoms with Gasteiger partial charge in [-0.05, 0) is 70.5 Å². The van der Waals surface area contributed by atoms with Crippen LogP contribution in [0.25, 0.3) is 0 Å². The van der Waals surface area contributed by atoms with Crippen LogP contribution in [0.3, 0.4) is 0 Å². The molecule has 338 valence electrons. The van der Waals surface area contributed by atoms with E-state index in [1.165, 1.54) is 11.1 Å². The summed E-state index contributed by atoms with van der Waals surface area (Å²) in [7, 11) is 0. The minimum Gasteiger partial charge on any atom is -0.243 e. The summed E-state index contributed by atoms with van der Waals surface area (Å²) in [4.78, 5) is 23.7. The van der Waals surface area contributed by atoms with Gasteiger partial charge in [0.1, 0.15) is 0 Å². The van der Waals surface area contributed by atoms with Gasteiger partial charge in [-0.15, -0.1) is 0 Å². The second-order valence-corrected chi connectivity index (χ2v) is 20.0. The van der Waals surface area contributed by atoms with Crippen LogP contribution < -0.4 is 0 Å². The van der Waals surface area contributed by atoms with Crippen molar-refractivity contribution in [2.24, 2.45) is 20.0 Å². The molecule has 0 aliphatic carbocycles. The molecule has 0 saturated heterocycles. The van der Waals surface area contributed by atoms with E-state index in [1.807, 2.05) is 72.8 Å². The first-order valence-electron chi connectivity index (χ1n) is 24.0. The Morgan fingerprint density at radius 3 is 0.700 bits per heavy atom. The Hall–Kier alpha value is -8.44. The zero-order valence-electron chi connectivity index (χ0n) is 40.6. The summed E-state index contributed by atoms with van der Waals surface area (Å²) in [5.74, 6) is 13.7. The van der Waals surface area contributed by atoms with Crippen molar-refractivity contribution in [2.45, 2.75) is 63.7 Å². The Labute approximate surface area is 413 Å². The fourth-order valence-corrected chi connectivity index (χ4v) is 9.04. The fraction of sp³-hybridized carbons (Fsp3) is 0.152. The third-order valence-electron chi connectivity index (χ3n) is 13.0. The molecule has 0 atom stereocenters. The lowest BCUT2D eigenvalue weighted by molar-refractivity contribution is 0.257. The van der Waals surface area contributed by atoms with Crippen LogP contribution in [0.2, 0.25) is 0 Å². The van der Waals surface area contributed by atoms with Crippen LogP contribution in [-0.4, -0.2) is 22.8 Å². The average molecular weight is 903 g/mol. The molecule has 8 aromatic rings. The Balaban J connectivity index is 1.21. The summed E-state index contributed by atoms with van der Waals surface area (Å²) in [6, 6.07) is 75.1. The third kappa shape index (κ3) is 9.01. The third-order valence-corrected chi connectivity index (χ3v) is 13.0. The summed E-state index contributed by atoms with van der Waals surface area (Å²) in [6.07, 6.45) is 0. The molecule has 4 nitrogen and oxygen atoms in total. The van der Waals surface area contributed by atoms with E-state index in [1.54, 1.807) is 0 Å². The molecule has 0 N–H and O–H groups in total. The maximum atomic E-state index is 5.91. The molecule has 0 aromatic heterocycles. The van der Waals surface area contributed by atoms with Crippen LogP contribution in [0.1, 0.15) is 108 Å². The highest BCUT2D eigenvalue weighted by atomic mass is 15.3. The highest BCUT2D eigenvalue weighted by Crippen LogP contribution is 2.54. The largest absolute Gasteiger partial charge is 0.243 e. The van der Waals surface area contributed by atoms with Gasteiger partial charge in [0, 0.05) is 55.6 Å². The Morgan fingerprint density at radius 2 is 0.486 bits per heavy atom. The van der Waals surface area contributed by atoms with Gasteiger partial charge < -0.3 is 0 Å². The van der Waals surface area contributed by atoms with Crippen molar-refractivity contribution in [3.63, 3.8) is 0 Å². The van der Waals surface area contributed by atoms with E-state index < -0.39 is 11.3 Å². The molecule has 0 radical (unpaired) electrons. The zero-order chi connectivity index (χ0) is 48.4. The molecule has 0 spiro atoms. The quantitative estimate of drug-likeness (QED) is 0.143. The minimum atomic E-state index is -1.45. The SMILES string of the molecule is CC(C)(C)c1ccc(C#Cc2ccc(C3(C4(c5ccc(C#Cc6ccc(C(C)(C)C)cc6)cc5)N=C(c5ccccc5)C(c5ccccc5)=N4)N=C(c4ccccc4)C(c4ccccc4)=N3)cc2)cc1. The van der Waals surface area contributed by atoms with Crippen molar-refractivity contribution in [1.29, 1.82) is 0 Å². The van der Waals surface area contributed by atoms with Gasteiger partial charge in [-0.1, -0.05) is 235 Å². The molecule has 0 amide bonds. The molecular formula is C66H54N4. The molecule has 10 rings (SSSR count). The van der Waals surface area contributed by atoms with Crippen LogP contribution in [0.4, 0.5) is 0 Å². The van der Waals surface area contributed by atoms with Crippen LogP contribution >= 0.6 is 0 Å². The van der Waals surface area contributed by atoms with Gasteiger partial charge >= 0.3 is 0 Å². The molecule has 2 aliphatic rings. The highest BCUT2D eigenvalue weighted by molar-refractivity contribution is 6.55. The highest BCUT2D eigenvalue weighted by Gasteiger charge is 2.60. The Bertz CT molecular complexity index is 3070. The van der Waals surface area contributed by atoms with E-state index in [9.17, 15) is 0 Å². The number of nitrogens with zero attached hydrogens (tertiary/aromatic N) is 4. The van der Waals surface area contributed by atoms with Crippen molar-refractivity contribution in [1.82, 2.24) is 0 Å². The van der Waals surface area contributed by atoms with E-state index in [0.717, 1.165) is 78.5 Å². The Kier molecular flexibility index (Phi) is 12.0. The Morgan fingerprint density at radius 1 is 0.271 bits per heavy atom. The smallest absolute Gasteiger partial charge is 0.226 e. The second-order valence-electron chi connectivity index (χ2n) is 20.0. The fourth-order valence-electron chi connectivity index (χ4n) is 9.04.